The van der Waals surface area contributed by atoms with E-state index in [1.54, 1.807) is 22.7 Å². The van der Waals surface area contributed by atoms with E-state index in [9.17, 15) is 0 Å². The van der Waals surface area contributed by atoms with Crippen molar-refractivity contribution in [1.82, 2.24) is 5.01 Å². The summed E-state index contributed by atoms with van der Waals surface area (Å²) in [6, 6.07) is 14.9. The molecule has 3 nitrogen and oxygen atoms in total. The summed E-state index contributed by atoms with van der Waals surface area (Å²) in [5.74, 6) is 0.959. The van der Waals surface area contributed by atoms with Gasteiger partial charge in [0.05, 0.1) is 21.5 Å². The first kappa shape index (κ1) is 14.7. The van der Waals surface area contributed by atoms with Gasteiger partial charge < -0.3 is 4.74 Å². The predicted molar refractivity (Wildman–Crippen MR) is 102 cm³/mol. The molecule has 0 amide bonds. The summed E-state index contributed by atoms with van der Waals surface area (Å²) in [6.45, 7) is 0. The molecule has 0 aliphatic carbocycles. The molecule has 0 radical (unpaired) electrons. The van der Waals surface area contributed by atoms with Gasteiger partial charge in [-0.05, 0) is 41.1 Å². The van der Waals surface area contributed by atoms with Gasteiger partial charge in [0.2, 0.25) is 6.23 Å². The summed E-state index contributed by atoms with van der Waals surface area (Å²) in [5.41, 5.74) is 2.35. The first-order chi connectivity index (χ1) is 11.8. The lowest BCUT2D eigenvalue weighted by Crippen LogP contribution is -2.33. The summed E-state index contributed by atoms with van der Waals surface area (Å²) in [6.07, 6.45) is 0.760. The Hall–Kier alpha value is -1.63. The highest BCUT2D eigenvalue weighted by Crippen LogP contribution is 2.48. The van der Waals surface area contributed by atoms with Gasteiger partial charge in [-0.25, -0.2) is 5.01 Å². The highest BCUT2D eigenvalue weighted by atomic mass is 79.9. The average Bonchev–Trinajstić information content (AvgIpc) is 3.33. The Morgan fingerprint density at radius 1 is 1.12 bits per heavy atom. The van der Waals surface area contributed by atoms with E-state index in [2.05, 4.69) is 68.1 Å². The van der Waals surface area contributed by atoms with E-state index in [1.807, 2.05) is 6.07 Å². The smallest absolute Gasteiger partial charge is 0.222 e. The van der Waals surface area contributed by atoms with E-state index in [-0.39, 0.29) is 12.3 Å². The van der Waals surface area contributed by atoms with Crippen LogP contribution in [0, 0.1) is 0 Å². The number of hydrogen-bond acceptors (Lipinski definition) is 5. The number of nitrogens with zero attached hydrogens (tertiary/aromatic N) is 2. The fourth-order valence-corrected chi connectivity index (χ4v) is 5.11. The Balaban J connectivity index is 1.62. The molecule has 2 aliphatic rings. The number of rotatable bonds is 2. The number of hydrazone groups is 1. The standard InChI is InChI=1S/C18H13BrN2OS2/c19-11-5-6-15-12(9-11)14-10-13(16-3-1-7-23-16)20-21(14)18(22-15)17-4-2-8-24-17/h1-9,14,18H,10H2/t14-,18+/m0/s1. The first-order valence-electron chi connectivity index (χ1n) is 7.69. The predicted octanol–water partition coefficient (Wildman–Crippen LogP) is 5.81. The maximum absolute atomic E-state index is 6.32. The van der Waals surface area contributed by atoms with Gasteiger partial charge >= 0.3 is 0 Å². The number of thiophene rings is 2. The van der Waals surface area contributed by atoms with Crippen molar-refractivity contribution in [3.8, 4) is 5.75 Å². The summed E-state index contributed by atoms with van der Waals surface area (Å²) in [5, 5.41) is 11.3. The fraction of sp³-hybridized carbons (Fsp3) is 0.167. The third-order valence-corrected chi connectivity index (χ3v) is 6.66. The van der Waals surface area contributed by atoms with Crippen LogP contribution in [-0.2, 0) is 0 Å². The lowest BCUT2D eigenvalue weighted by Gasteiger charge is -2.37. The van der Waals surface area contributed by atoms with Crippen LogP contribution in [0.5, 0.6) is 5.75 Å². The van der Waals surface area contributed by atoms with E-state index in [0.29, 0.717) is 0 Å². The zero-order chi connectivity index (χ0) is 16.1. The summed E-state index contributed by atoms with van der Waals surface area (Å²) < 4.78 is 7.40. The maximum Gasteiger partial charge on any atom is 0.222 e. The third-order valence-electron chi connectivity index (χ3n) is 4.34. The Morgan fingerprint density at radius 2 is 2.00 bits per heavy atom. The number of benzene rings is 1. The molecule has 0 saturated heterocycles. The van der Waals surface area contributed by atoms with Gasteiger partial charge in [0.1, 0.15) is 5.75 Å². The van der Waals surface area contributed by atoms with Gasteiger partial charge in [0.15, 0.2) is 0 Å². The van der Waals surface area contributed by atoms with Crippen molar-refractivity contribution in [2.24, 2.45) is 5.10 Å². The van der Waals surface area contributed by atoms with Crippen LogP contribution < -0.4 is 4.74 Å². The molecule has 2 aliphatic heterocycles. The number of fused-ring (bicyclic) bond motifs is 3. The van der Waals surface area contributed by atoms with Gasteiger partial charge in [-0.3, -0.25) is 0 Å². The van der Waals surface area contributed by atoms with Crippen molar-refractivity contribution in [1.29, 1.82) is 0 Å². The Morgan fingerprint density at radius 3 is 2.79 bits per heavy atom. The lowest BCUT2D eigenvalue weighted by molar-refractivity contribution is -0.0166. The second kappa shape index (κ2) is 5.72. The molecule has 6 heteroatoms. The molecule has 3 aromatic rings. The highest BCUT2D eigenvalue weighted by Gasteiger charge is 2.41. The molecule has 0 N–H and O–H groups in total. The molecule has 0 unspecified atom stereocenters. The summed E-state index contributed by atoms with van der Waals surface area (Å²) in [7, 11) is 0. The molecule has 2 atom stereocenters. The van der Waals surface area contributed by atoms with E-state index in [0.717, 1.165) is 22.4 Å². The van der Waals surface area contributed by atoms with Gasteiger partial charge in [-0.15, -0.1) is 22.7 Å². The van der Waals surface area contributed by atoms with Crippen LogP contribution >= 0.6 is 38.6 Å². The van der Waals surface area contributed by atoms with Gasteiger partial charge in [-0.2, -0.15) is 5.10 Å². The summed E-state index contributed by atoms with van der Waals surface area (Å²) in [4.78, 5) is 2.43. The molecule has 120 valence electrons. The molecule has 0 saturated carbocycles. The Labute approximate surface area is 156 Å². The molecule has 0 bridgehead atoms. The number of hydrogen-bond donors (Lipinski definition) is 0. The third kappa shape index (κ3) is 2.32. The Kier molecular flexibility index (Phi) is 3.50. The first-order valence-corrected chi connectivity index (χ1v) is 10.2. The zero-order valence-corrected chi connectivity index (χ0v) is 15.8. The zero-order valence-electron chi connectivity index (χ0n) is 12.6. The van der Waals surface area contributed by atoms with Crippen molar-refractivity contribution < 1.29 is 4.74 Å². The van der Waals surface area contributed by atoms with E-state index in [4.69, 9.17) is 9.84 Å². The maximum atomic E-state index is 6.32. The molecule has 2 aromatic heterocycles. The molecule has 0 spiro atoms. The quantitative estimate of drug-likeness (QED) is 0.525. The molecule has 0 fully saturated rings. The lowest BCUT2D eigenvalue weighted by atomic mass is 9.98. The van der Waals surface area contributed by atoms with Gasteiger partial charge in [-0.1, -0.05) is 28.1 Å². The van der Waals surface area contributed by atoms with Gasteiger partial charge in [0, 0.05) is 16.5 Å². The van der Waals surface area contributed by atoms with Crippen molar-refractivity contribution in [2.75, 3.05) is 0 Å². The second-order valence-electron chi connectivity index (χ2n) is 5.79. The van der Waals surface area contributed by atoms with E-state index in [1.165, 1.54) is 15.3 Å². The molecule has 1 aromatic carbocycles. The minimum absolute atomic E-state index is 0.152. The summed E-state index contributed by atoms with van der Waals surface area (Å²) >= 11 is 7.04. The van der Waals surface area contributed by atoms with Crippen LogP contribution in [0.4, 0.5) is 0 Å². The van der Waals surface area contributed by atoms with Crippen molar-refractivity contribution in [3.05, 3.63) is 73.0 Å². The fourth-order valence-electron chi connectivity index (χ4n) is 3.27. The second-order valence-corrected chi connectivity index (χ2v) is 8.63. The van der Waals surface area contributed by atoms with Crippen LogP contribution in [0.1, 0.15) is 34.0 Å². The average molecular weight is 417 g/mol. The van der Waals surface area contributed by atoms with Crippen LogP contribution in [0.2, 0.25) is 0 Å². The topological polar surface area (TPSA) is 24.8 Å². The number of ether oxygens (including phenoxy) is 1. The SMILES string of the molecule is Brc1ccc2c(c1)[C@@H]1CC(c3cccs3)=NN1[C@@H](c1cccs1)O2. The number of halogens is 1. The van der Waals surface area contributed by atoms with E-state index < -0.39 is 0 Å². The minimum Gasteiger partial charge on any atom is -0.464 e. The van der Waals surface area contributed by atoms with Crippen LogP contribution in [0.15, 0.2) is 62.8 Å². The largest absolute Gasteiger partial charge is 0.464 e. The molecular formula is C18H13BrN2OS2. The van der Waals surface area contributed by atoms with Crippen LogP contribution in [0.3, 0.4) is 0 Å². The van der Waals surface area contributed by atoms with E-state index >= 15 is 0 Å². The minimum atomic E-state index is -0.152. The van der Waals surface area contributed by atoms with Crippen molar-refractivity contribution >= 4 is 44.3 Å². The monoisotopic (exact) mass is 416 g/mol. The highest BCUT2D eigenvalue weighted by molar-refractivity contribution is 9.10. The molecular weight excluding hydrogens is 404 g/mol. The van der Waals surface area contributed by atoms with Gasteiger partial charge in [0.25, 0.3) is 0 Å². The normalized spacial score (nSPS) is 21.9. The molecule has 5 rings (SSSR count). The van der Waals surface area contributed by atoms with Crippen LogP contribution in [-0.4, -0.2) is 10.7 Å². The van der Waals surface area contributed by atoms with Crippen LogP contribution in [0.25, 0.3) is 0 Å². The molecule has 4 heterocycles. The molecule has 24 heavy (non-hydrogen) atoms. The van der Waals surface area contributed by atoms with Crippen molar-refractivity contribution in [3.63, 3.8) is 0 Å². The Bertz CT molecular complexity index is 905. The van der Waals surface area contributed by atoms with Crippen molar-refractivity contribution in [2.45, 2.75) is 18.7 Å².